The number of rotatable bonds is 7. The fourth-order valence-corrected chi connectivity index (χ4v) is 2.96. The molecule has 0 amide bonds. The van der Waals surface area contributed by atoms with Crippen LogP contribution < -0.4 is 10.1 Å². The Morgan fingerprint density at radius 1 is 1.25 bits per heavy atom. The van der Waals surface area contributed by atoms with Crippen LogP contribution in [0.4, 0.5) is 0 Å². The largest absolute Gasteiger partial charge is 0.490 e. The molecule has 2 heteroatoms. The van der Waals surface area contributed by atoms with Gasteiger partial charge in [0, 0.05) is 6.54 Å². The lowest BCUT2D eigenvalue weighted by atomic mass is 9.80. The maximum absolute atomic E-state index is 5.49. The van der Waals surface area contributed by atoms with Crippen LogP contribution in [0.25, 0.3) is 0 Å². The molecular formula is C18H27NO. The minimum atomic E-state index is 0.567. The Balaban J connectivity index is 1.72. The smallest absolute Gasteiger partial charge is 0.119 e. The van der Waals surface area contributed by atoms with Crippen LogP contribution in [0.3, 0.4) is 0 Å². The Morgan fingerprint density at radius 2 is 2.00 bits per heavy atom. The van der Waals surface area contributed by atoms with E-state index in [9.17, 15) is 0 Å². The lowest BCUT2D eigenvalue weighted by Crippen LogP contribution is -2.29. The first kappa shape index (κ1) is 15.1. The summed E-state index contributed by atoms with van der Waals surface area (Å²) in [4.78, 5) is 0. The SMILES string of the molecule is C=CCOc1ccc(CNCC2CCCCC2C)cc1. The van der Waals surface area contributed by atoms with Gasteiger partial charge in [-0.05, 0) is 42.5 Å². The van der Waals surface area contributed by atoms with Gasteiger partial charge < -0.3 is 10.1 Å². The van der Waals surface area contributed by atoms with Crippen molar-refractivity contribution in [2.24, 2.45) is 11.8 Å². The summed E-state index contributed by atoms with van der Waals surface area (Å²) in [7, 11) is 0. The second-order valence-electron chi connectivity index (χ2n) is 5.90. The summed E-state index contributed by atoms with van der Waals surface area (Å²) in [5, 5.41) is 3.61. The molecule has 2 rings (SSSR count). The second-order valence-corrected chi connectivity index (χ2v) is 5.90. The van der Waals surface area contributed by atoms with E-state index in [0.29, 0.717) is 6.61 Å². The predicted octanol–water partition coefficient (Wildman–Crippen LogP) is 4.17. The summed E-state index contributed by atoms with van der Waals surface area (Å²) in [6.45, 7) is 8.71. The highest BCUT2D eigenvalue weighted by atomic mass is 16.5. The van der Waals surface area contributed by atoms with Gasteiger partial charge >= 0.3 is 0 Å². The highest BCUT2D eigenvalue weighted by Gasteiger charge is 2.20. The molecule has 0 aromatic heterocycles. The Kier molecular flexibility index (Phi) is 6.13. The highest BCUT2D eigenvalue weighted by Crippen LogP contribution is 2.28. The zero-order valence-electron chi connectivity index (χ0n) is 12.6. The fraction of sp³-hybridized carbons (Fsp3) is 0.556. The van der Waals surface area contributed by atoms with Gasteiger partial charge in [0.15, 0.2) is 0 Å². The van der Waals surface area contributed by atoms with Gasteiger partial charge in [-0.3, -0.25) is 0 Å². The maximum atomic E-state index is 5.49. The molecule has 20 heavy (non-hydrogen) atoms. The van der Waals surface area contributed by atoms with E-state index in [0.717, 1.165) is 30.7 Å². The first-order valence-corrected chi connectivity index (χ1v) is 7.83. The third kappa shape index (κ3) is 4.68. The molecule has 1 aromatic rings. The van der Waals surface area contributed by atoms with E-state index < -0.39 is 0 Å². The van der Waals surface area contributed by atoms with Crippen molar-refractivity contribution in [1.82, 2.24) is 5.32 Å². The zero-order valence-corrected chi connectivity index (χ0v) is 12.6. The molecule has 1 aromatic carbocycles. The van der Waals surface area contributed by atoms with E-state index in [-0.39, 0.29) is 0 Å². The van der Waals surface area contributed by atoms with Crippen molar-refractivity contribution in [3.8, 4) is 5.75 Å². The van der Waals surface area contributed by atoms with Gasteiger partial charge in [0.1, 0.15) is 12.4 Å². The van der Waals surface area contributed by atoms with Crippen LogP contribution in [-0.4, -0.2) is 13.2 Å². The van der Waals surface area contributed by atoms with Gasteiger partial charge in [-0.25, -0.2) is 0 Å². The first-order valence-electron chi connectivity index (χ1n) is 7.83. The topological polar surface area (TPSA) is 21.3 Å². The molecule has 0 saturated heterocycles. The van der Waals surface area contributed by atoms with Gasteiger partial charge in [0.05, 0.1) is 0 Å². The quantitative estimate of drug-likeness (QED) is 0.753. The summed E-state index contributed by atoms with van der Waals surface area (Å²) in [5.41, 5.74) is 1.32. The number of hydrogen-bond acceptors (Lipinski definition) is 2. The van der Waals surface area contributed by atoms with Crippen molar-refractivity contribution in [2.75, 3.05) is 13.2 Å². The van der Waals surface area contributed by atoms with Crippen LogP contribution in [0.5, 0.6) is 5.75 Å². The molecule has 1 aliphatic carbocycles. The third-order valence-electron chi connectivity index (χ3n) is 4.32. The normalized spacial score (nSPS) is 22.4. The number of ether oxygens (including phenoxy) is 1. The van der Waals surface area contributed by atoms with E-state index in [4.69, 9.17) is 4.74 Å². The number of nitrogens with one attached hydrogen (secondary N) is 1. The van der Waals surface area contributed by atoms with E-state index >= 15 is 0 Å². The standard InChI is InChI=1S/C18H27NO/c1-3-12-20-18-10-8-16(9-11-18)13-19-14-17-7-5-4-6-15(17)2/h3,8-11,15,17,19H,1,4-7,12-14H2,2H3. The van der Waals surface area contributed by atoms with E-state index in [1.165, 1.54) is 31.2 Å². The van der Waals surface area contributed by atoms with Crippen LogP contribution in [0.15, 0.2) is 36.9 Å². The summed E-state index contributed by atoms with van der Waals surface area (Å²) >= 11 is 0. The van der Waals surface area contributed by atoms with Crippen molar-refractivity contribution in [2.45, 2.75) is 39.2 Å². The number of hydrogen-bond donors (Lipinski definition) is 1. The van der Waals surface area contributed by atoms with Crippen LogP contribution in [-0.2, 0) is 6.54 Å². The Labute approximate surface area is 123 Å². The van der Waals surface area contributed by atoms with Gasteiger partial charge in [0.2, 0.25) is 0 Å². The maximum Gasteiger partial charge on any atom is 0.119 e. The first-order chi connectivity index (χ1) is 9.79. The van der Waals surface area contributed by atoms with E-state index in [2.05, 4.69) is 31.0 Å². The Bertz CT molecular complexity index is 398. The average molecular weight is 273 g/mol. The van der Waals surface area contributed by atoms with Crippen LogP contribution in [0, 0.1) is 11.8 Å². The molecule has 2 nitrogen and oxygen atoms in total. The van der Waals surface area contributed by atoms with Gasteiger partial charge in [-0.1, -0.05) is 51.0 Å². The molecule has 0 bridgehead atoms. The van der Waals surface area contributed by atoms with Gasteiger partial charge in [-0.15, -0.1) is 0 Å². The molecule has 1 N–H and O–H groups in total. The molecule has 2 unspecified atom stereocenters. The number of benzene rings is 1. The Hall–Kier alpha value is -1.28. The van der Waals surface area contributed by atoms with Crippen molar-refractivity contribution >= 4 is 0 Å². The molecule has 1 saturated carbocycles. The molecule has 1 aliphatic rings. The molecule has 2 atom stereocenters. The van der Waals surface area contributed by atoms with E-state index in [1.807, 2.05) is 12.1 Å². The summed E-state index contributed by atoms with van der Waals surface area (Å²) in [6.07, 6.45) is 7.39. The minimum Gasteiger partial charge on any atom is -0.490 e. The molecular weight excluding hydrogens is 246 g/mol. The lowest BCUT2D eigenvalue weighted by Gasteiger charge is -2.28. The Morgan fingerprint density at radius 3 is 2.70 bits per heavy atom. The van der Waals surface area contributed by atoms with Crippen molar-refractivity contribution in [3.05, 3.63) is 42.5 Å². The molecule has 0 radical (unpaired) electrons. The van der Waals surface area contributed by atoms with Crippen LogP contribution in [0.2, 0.25) is 0 Å². The van der Waals surface area contributed by atoms with Gasteiger partial charge in [0.25, 0.3) is 0 Å². The van der Waals surface area contributed by atoms with Gasteiger partial charge in [-0.2, -0.15) is 0 Å². The monoisotopic (exact) mass is 273 g/mol. The zero-order chi connectivity index (χ0) is 14.2. The van der Waals surface area contributed by atoms with Crippen LogP contribution in [0.1, 0.15) is 38.2 Å². The summed E-state index contributed by atoms with van der Waals surface area (Å²) < 4.78 is 5.49. The molecule has 110 valence electrons. The molecule has 0 spiro atoms. The summed E-state index contributed by atoms with van der Waals surface area (Å²) in [5.74, 6) is 2.65. The molecule has 0 aliphatic heterocycles. The van der Waals surface area contributed by atoms with Crippen molar-refractivity contribution in [1.29, 1.82) is 0 Å². The minimum absolute atomic E-state index is 0.567. The van der Waals surface area contributed by atoms with Crippen LogP contribution >= 0.6 is 0 Å². The molecule has 1 fully saturated rings. The highest BCUT2D eigenvalue weighted by molar-refractivity contribution is 5.27. The fourth-order valence-electron chi connectivity index (χ4n) is 2.96. The summed E-state index contributed by atoms with van der Waals surface area (Å²) in [6, 6.07) is 8.33. The van der Waals surface area contributed by atoms with E-state index in [1.54, 1.807) is 6.08 Å². The molecule has 0 heterocycles. The second kappa shape index (κ2) is 8.11. The van der Waals surface area contributed by atoms with Crippen molar-refractivity contribution in [3.63, 3.8) is 0 Å². The lowest BCUT2D eigenvalue weighted by molar-refractivity contribution is 0.247. The van der Waals surface area contributed by atoms with Crippen molar-refractivity contribution < 1.29 is 4.74 Å². The average Bonchev–Trinajstić information content (AvgIpc) is 2.48. The predicted molar refractivity (Wildman–Crippen MR) is 85.0 cm³/mol. The third-order valence-corrected chi connectivity index (χ3v) is 4.32.